The van der Waals surface area contributed by atoms with Gasteiger partial charge in [-0.05, 0) is 6.07 Å². The van der Waals surface area contributed by atoms with Gasteiger partial charge in [0.25, 0.3) is 0 Å². The molecule has 0 saturated heterocycles. The Labute approximate surface area is 106 Å². The number of nitrogens with zero attached hydrogens (tertiary/aromatic N) is 1. The summed E-state index contributed by atoms with van der Waals surface area (Å²) in [6.45, 7) is -0.644. The molecule has 0 spiro atoms. The molecule has 0 saturated carbocycles. The number of carboxylic acids is 1. The number of aromatic nitrogens is 1. The fourth-order valence-electron chi connectivity index (χ4n) is 1.86. The summed E-state index contributed by atoms with van der Waals surface area (Å²) in [5.41, 5.74) is 0.619. The number of benzene rings is 1. The van der Waals surface area contributed by atoms with Crippen molar-refractivity contribution in [1.29, 1.82) is 0 Å². The molecule has 0 aliphatic rings. The summed E-state index contributed by atoms with van der Waals surface area (Å²) >= 11 is 0. The third-order valence-corrected chi connectivity index (χ3v) is 2.62. The first kappa shape index (κ1) is 13.4. The van der Waals surface area contributed by atoms with Crippen molar-refractivity contribution >= 4 is 16.9 Å². The summed E-state index contributed by atoms with van der Waals surface area (Å²) < 4.78 is 40.8. The molecular formula is C12H10F3NO3. The quantitative estimate of drug-likeness (QED) is 0.931. The number of carbonyl (C=O) groups is 1. The molecule has 0 bridgehead atoms. The van der Waals surface area contributed by atoms with Gasteiger partial charge in [0, 0.05) is 23.6 Å². The topological polar surface area (TPSA) is 51.5 Å². The molecule has 0 radical (unpaired) electrons. The van der Waals surface area contributed by atoms with Gasteiger partial charge in [0.15, 0.2) is 0 Å². The molecule has 1 aromatic heterocycles. The maximum absolute atomic E-state index is 11.9. The van der Waals surface area contributed by atoms with Gasteiger partial charge in [0.2, 0.25) is 0 Å². The molecule has 19 heavy (non-hydrogen) atoms. The molecule has 2 rings (SSSR count). The maximum atomic E-state index is 11.9. The summed E-state index contributed by atoms with van der Waals surface area (Å²) in [6, 6.07) is 6.62. The Morgan fingerprint density at radius 3 is 2.63 bits per heavy atom. The monoisotopic (exact) mass is 273 g/mol. The highest BCUT2D eigenvalue weighted by Crippen LogP contribution is 2.22. The Morgan fingerprint density at radius 2 is 2.00 bits per heavy atom. The van der Waals surface area contributed by atoms with Gasteiger partial charge in [0.05, 0.1) is 12.2 Å². The van der Waals surface area contributed by atoms with E-state index in [-0.39, 0.29) is 12.1 Å². The molecule has 0 unspecified atom stereocenters. The Kier molecular flexibility index (Phi) is 3.48. The van der Waals surface area contributed by atoms with E-state index in [1.807, 2.05) is 0 Å². The number of para-hydroxylation sites is 1. The lowest BCUT2D eigenvalue weighted by Gasteiger charge is -2.08. The lowest BCUT2D eigenvalue weighted by Crippen LogP contribution is -2.17. The minimum atomic E-state index is -4.68. The van der Waals surface area contributed by atoms with Gasteiger partial charge in [0.1, 0.15) is 0 Å². The highest BCUT2D eigenvalue weighted by atomic mass is 19.4. The zero-order chi connectivity index (χ0) is 14.0. The van der Waals surface area contributed by atoms with Gasteiger partial charge < -0.3 is 9.67 Å². The zero-order valence-corrected chi connectivity index (χ0v) is 9.65. The largest absolute Gasteiger partial charge is 0.522 e. The van der Waals surface area contributed by atoms with Gasteiger partial charge in [-0.3, -0.25) is 4.74 Å². The molecule has 0 amide bonds. The highest BCUT2D eigenvalue weighted by Gasteiger charge is 2.28. The number of fused-ring (bicyclic) bond motifs is 1. The first-order valence-electron chi connectivity index (χ1n) is 5.40. The summed E-state index contributed by atoms with van der Waals surface area (Å²) in [6.07, 6.45) is -3.37. The molecule has 0 atom stereocenters. The Bertz CT molecular complexity index is 604. The van der Waals surface area contributed by atoms with E-state index in [0.29, 0.717) is 10.9 Å². The minimum Gasteiger partial charge on any atom is -0.478 e. The number of halogens is 3. The molecule has 0 aliphatic carbocycles. The normalized spacial score (nSPS) is 11.9. The van der Waals surface area contributed by atoms with Crippen LogP contribution in [0.2, 0.25) is 0 Å². The second-order valence-electron chi connectivity index (χ2n) is 3.85. The molecular weight excluding hydrogens is 263 g/mol. The van der Waals surface area contributed by atoms with Crippen LogP contribution in [0.3, 0.4) is 0 Å². The predicted molar refractivity (Wildman–Crippen MR) is 60.9 cm³/mol. The van der Waals surface area contributed by atoms with Crippen LogP contribution in [0, 0.1) is 0 Å². The van der Waals surface area contributed by atoms with Crippen molar-refractivity contribution in [2.75, 3.05) is 6.61 Å². The van der Waals surface area contributed by atoms with Crippen LogP contribution in [0.4, 0.5) is 13.2 Å². The van der Waals surface area contributed by atoms with Gasteiger partial charge in [-0.2, -0.15) is 0 Å². The summed E-state index contributed by atoms with van der Waals surface area (Å²) in [5, 5.41) is 9.51. The number of ether oxygens (including phenoxy) is 1. The first-order chi connectivity index (χ1) is 8.88. The number of alkyl halides is 3. The lowest BCUT2D eigenvalue weighted by molar-refractivity contribution is -0.325. The van der Waals surface area contributed by atoms with E-state index in [1.54, 1.807) is 24.3 Å². The number of carboxylic acid groups (broad SMARTS) is 1. The third kappa shape index (κ3) is 3.05. The standard InChI is InChI=1S/C12H10F3NO3/c13-12(14,15)19-6-5-16-7-9(11(17)18)8-3-1-2-4-10(8)16/h1-4,7H,5-6H2,(H,17,18). The summed E-state index contributed by atoms with van der Waals surface area (Å²) in [7, 11) is 0. The van der Waals surface area contributed by atoms with Crippen LogP contribution >= 0.6 is 0 Å². The number of rotatable bonds is 4. The van der Waals surface area contributed by atoms with Gasteiger partial charge in [-0.1, -0.05) is 18.2 Å². The van der Waals surface area contributed by atoms with E-state index in [1.165, 1.54) is 10.8 Å². The second kappa shape index (κ2) is 4.93. The average Bonchev–Trinajstić information content (AvgIpc) is 2.67. The Balaban J connectivity index is 2.26. The van der Waals surface area contributed by atoms with E-state index in [0.717, 1.165) is 0 Å². The second-order valence-corrected chi connectivity index (χ2v) is 3.85. The maximum Gasteiger partial charge on any atom is 0.522 e. The summed E-state index contributed by atoms with van der Waals surface area (Å²) in [5.74, 6) is -1.12. The van der Waals surface area contributed by atoms with Crippen LogP contribution in [0.5, 0.6) is 0 Å². The molecule has 4 nitrogen and oxygen atoms in total. The number of aromatic carboxylic acids is 1. The van der Waals surface area contributed by atoms with E-state index < -0.39 is 18.9 Å². The predicted octanol–water partition coefficient (Wildman–Crippen LogP) is 2.88. The van der Waals surface area contributed by atoms with Crippen molar-refractivity contribution in [3.8, 4) is 0 Å². The van der Waals surface area contributed by atoms with Crippen LogP contribution < -0.4 is 0 Å². The molecule has 102 valence electrons. The van der Waals surface area contributed by atoms with Crippen LogP contribution in [0.15, 0.2) is 30.5 Å². The van der Waals surface area contributed by atoms with E-state index in [9.17, 15) is 18.0 Å². The van der Waals surface area contributed by atoms with Gasteiger partial charge in [-0.15, -0.1) is 13.2 Å². The van der Waals surface area contributed by atoms with Crippen LogP contribution in [-0.2, 0) is 11.3 Å². The highest BCUT2D eigenvalue weighted by molar-refractivity contribution is 6.03. The van der Waals surface area contributed by atoms with Crippen molar-refractivity contribution in [2.24, 2.45) is 0 Å². The molecule has 2 aromatic rings. The van der Waals surface area contributed by atoms with Gasteiger partial charge >= 0.3 is 12.3 Å². The van der Waals surface area contributed by atoms with Crippen molar-refractivity contribution in [1.82, 2.24) is 4.57 Å². The van der Waals surface area contributed by atoms with E-state index in [2.05, 4.69) is 4.74 Å². The molecule has 0 aliphatic heterocycles. The van der Waals surface area contributed by atoms with Gasteiger partial charge in [-0.25, -0.2) is 4.79 Å². The summed E-state index contributed by atoms with van der Waals surface area (Å²) in [4.78, 5) is 11.0. The molecule has 1 aromatic carbocycles. The lowest BCUT2D eigenvalue weighted by atomic mass is 10.2. The van der Waals surface area contributed by atoms with Crippen molar-refractivity contribution < 1.29 is 27.8 Å². The fourth-order valence-corrected chi connectivity index (χ4v) is 1.86. The smallest absolute Gasteiger partial charge is 0.478 e. The molecule has 1 heterocycles. The number of hydrogen-bond donors (Lipinski definition) is 1. The number of hydrogen-bond acceptors (Lipinski definition) is 2. The average molecular weight is 273 g/mol. The molecule has 0 fully saturated rings. The zero-order valence-electron chi connectivity index (χ0n) is 9.65. The van der Waals surface area contributed by atoms with Crippen molar-refractivity contribution in [2.45, 2.75) is 12.9 Å². The SMILES string of the molecule is O=C(O)c1cn(CCOC(F)(F)F)c2ccccc12. The third-order valence-electron chi connectivity index (χ3n) is 2.62. The fraction of sp³-hybridized carbons (Fsp3) is 0.250. The van der Waals surface area contributed by atoms with E-state index in [4.69, 9.17) is 5.11 Å². The molecule has 7 heteroatoms. The molecule has 1 N–H and O–H groups in total. The van der Waals surface area contributed by atoms with Crippen molar-refractivity contribution in [3.63, 3.8) is 0 Å². The Hall–Kier alpha value is -2.02. The van der Waals surface area contributed by atoms with E-state index >= 15 is 0 Å². The minimum absolute atomic E-state index is 0.0580. The van der Waals surface area contributed by atoms with Crippen molar-refractivity contribution in [3.05, 3.63) is 36.0 Å². The first-order valence-corrected chi connectivity index (χ1v) is 5.40. The van der Waals surface area contributed by atoms with Crippen LogP contribution in [0.1, 0.15) is 10.4 Å². The Morgan fingerprint density at radius 1 is 1.32 bits per heavy atom. The van der Waals surface area contributed by atoms with Crippen LogP contribution in [-0.4, -0.2) is 28.6 Å². The van der Waals surface area contributed by atoms with Crippen LogP contribution in [0.25, 0.3) is 10.9 Å².